The highest BCUT2D eigenvalue weighted by Gasteiger charge is 2.23. The third kappa shape index (κ3) is 7.37. The summed E-state index contributed by atoms with van der Waals surface area (Å²) < 4.78 is 15.8. The molecule has 0 unspecified atom stereocenters. The van der Waals surface area contributed by atoms with Crippen LogP contribution in [-0.4, -0.2) is 35.8 Å². The number of carbonyl (C=O) groups is 2. The fourth-order valence-electron chi connectivity index (χ4n) is 3.16. The topological polar surface area (TPSA) is 141 Å². The van der Waals surface area contributed by atoms with Crippen LogP contribution in [0.15, 0.2) is 45.9 Å². The predicted molar refractivity (Wildman–Crippen MR) is 142 cm³/mol. The zero-order chi connectivity index (χ0) is 27.3. The number of aliphatic imine (C=N–C) groups is 1. The maximum Gasteiger partial charge on any atom is 0.414 e. The molecule has 12 heteroatoms. The largest absolute Gasteiger partial charge is 0.497 e. The van der Waals surface area contributed by atoms with Crippen molar-refractivity contribution in [2.45, 2.75) is 39.8 Å². The first-order valence-electron chi connectivity index (χ1n) is 11.1. The quantitative estimate of drug-likeness (QED) is 0.220. The number of methoxy groups -OCH3 is 1. The average molecular weight is 548 g/mol. The molecule has 2 amide bonds. The van der Waals surface area contributed by atoms with Crippen LogP contribution in [0.1, 0.15) is 42.5 Å². The van der Waals surface area contributed by atoms with Crippen molar-refractivity contribution >= 4 is 46.8 Å². The maximum absolute atomic E-state index is 13.3. The van der Waals surface area contributed by atoms with Crippen molar-refractivity contribution in [2.75, 3.05) is 12.8 Å². The molecule has 0 fully saturated rings. The number of hydrogen-bond donors (Lipinski definition) is 3. The summed E-state index contributed by atoms with van der Waals surface area (Å²) >= 11 is 12.2. The van der Waals surface area contributed by atoms with Crippen molar-refractivity contribution in [3.05, 3.63) is 63.3 Å². The number of guanidine groups is 1. The molecule has 0 saturated carbocycles. The van der Waals surface area contributed by atoms with Gasteiger partial charge in [0.2, 0.25) is 5.96 Å². The van der Waals surface area contributed by atoms with Gasteiger partial charge >= 0.3 is 6.09 Å². The van der Waals surface area contributed by atoms with E-state index in [9.17, 15) is 9.59 Å². The maximum atomic E-state index is 13.3. The standard InChI is InChI=1S/C25H27Cl2N5O5/c1-13-19(21(32-37-13)15-6-8-16(35-5)9-7-15)22(33)30-23(31-24(34)36-25(2,3)4)29-12-14-10-17(26)20(28)18(27)11-14/h6-11H,12,28H2,1-5H3,(H2,29,30,31,33,34). The van der Waals surface area contributed by atoms with Gasteiger partial charge in [-0.05, 0) is 69.7 Å². The fraction of sp³-hybridized carbons (Fsp3) is 0.280. The Morgan fingerprint density at radius 2 is 1.76 bits per heavy atom. The third-order valence-corrected chi connectivity index (χ3v) is 5.50. The number of carbonyl (C=O) groups excluding carboxylic acids is 2. The fourth-order valence-corrected chi connectivity index (χ4v) is 3.70. The predicted octanol–water partition coefficient (Wildman–Crippen LogP) is 5.36. The molecule has 0 aliphatic heterocycles. The van der Waals surface area contributed by atoms with Crippen LogP contribution in [0.25, 0.3) is 11.3 Å². The van der Waals surface area contributed by atoms with Crippen molar-refractivity contribution in [3.63, 3.8) is 0 Å². The van der Waals surface area contributed by atoms with E-state index in [-0.39, 0.29) is 39.6 Å². The molecule has 196 valence electrons. The van der Waals surface area contributed by atoms with Gasteiger partial charge in [-0.1, -0.05) is 28.4 Å². The van der Waals surface area contributed by atoms with E-state index in [2.05, 4.69) is 20.8 Å². The molecule has 37 heavy (non-hydrogen) atoms. The lowest BCUT2D eigenvalue weighted by molar-refractivity contribution is 0.0561. The summed E-state index contributed by atoms with van der Waals surface area (Å²) in [5.74, 6) is 0.0418. The minimum atomic E-state index is -0.808. The number of ether oxygens (including phenoxy) is 2. The van der Waals surface area contributed by atoms with E-state index in [1.165, 1.54) is 0 Å². The van der Waals surface area contributed by atoms with E-state index in [0.29, 0.717) is 22.6 Å². The molecular weight excluding hydrogens is 521 g/mol. The Labute approximate surface area is 224 Å². The molecule has 0 atom stereocenters. The minimum absolute atomic E-state index is 0.107. The Kier molecular flexibility index (Phi) is 8.67. The van der Waals surface area contributed by atoms with E-state index < -0.39 is 17.6 Å². The van der Waals surface area contributed by atoms with Gasteiger partial charge in [0.05, 0.1) is 22.8 Å². The van der Waals surface area contributed by atoms with Gasteiger partial charge in [-0.3, -0.25) is 10.1 Å². The van der Waals surface area contributed by atoms with Gasteiger partial charge in [0.1, 0.15) is 28.4 Å². The normalized spacial score (nSPS) is 11.7. The number of rotatable bonds is 5. The number of alkyl carbamates (subject to hydrolysis) is 1. The van der Waals surface area contributed by atoms with Gasteiger partial charge in [-0.25, -0.2) is 4.79 Å². The highest BCUT2D eigenvalue weighted by atomic mass is 35.5. The molecule has 1 heterocycles. The van der Waals surface area contributed by atoms with Crippen LogP contribution in [0.5, 0.6) is 5.75 Å². The van der Waals surface area contributed by atoms with Crippen LogP contribution in [-0.2, 0) is 11.3 Å². The minimum Gasteiger partial charge on any atom is -0.497 e. The molecule has 0 bridgehead atoms. The number of nitrogens with two attached hydrogens (primary N) is 1. The Bertz CT molecular complexity index is 1310. The highest BCUT2D eigenvalue weighted by Crippen LogP contribution is 2.29. The molecular formula is C25H27Cl2N5O5. The summed E-state index contributed by atoms with van der Waals surface area (Å²) in [5, 5.41) is 9.93. The second-order valence-corrected chi connectivity index (χ2v) is 9.72. The van der Waals surface area contributed by atoms with Crippen molar-refractivity contribution in [1.29, 1.82) is 0 Å². The molecule has 0 radical (unpaired) electrons. The molecule has 0 aliphatic carbocycles. The molecule has 0 aliphatic rings. The van der Waals surface area contributed by atoms with Crippen molar-refractivity contribution in [3.8, 4) is 17.0 Å². The number of aromatic nitrogens is 1. The lowest BCUT2D eigenvalue weighted by atomic mass is 10.1. The Morgan fingerprint density at radius 1 is 1.14 bits per heavy atom. The van der Waals surface area contributed by atoms with Crippen LogP contribution in [0.4, 0.5) is 10.5 Å². The lowest BCUT2D eigenvalue weighted by Crippen LogP contribution is -2.43. The van der Waals surface area contributed by atoms with E-state index in [0.717, 1.165) is 0 Å². The second kappa shape index (κ2) is 11.5. The SMILES string of the molecule is COc1ccc(-c2noc(C)c2C(=O)/N=C(/NCc2cc(Cl)c(N)c(Cl)c2)NC(=O)OC(C)(C)C)cc1. The van der Waals surface area contributed by atoms with Crippen molar-refractivity contribution in [2.24, 2.45) is 4.99 Å². The number of anilines is 1. The molecule has 4 N–H and O–H groups in total. The number of halogens is 2. The molecule has 1 aromatic heterocycles. The Morgan fingerprint density at radius 3 is 2.32 bits per heavy atom. The summed E-state index contributed by atoms with van der Waals surface area (Å²) in [7, 11) is 1.55. The average Bonchev–Trinajstić information content (AvgIpc) is 3.21. The van der Waals surface area contributed by atoms with Crippen LogP contribution in [0.3, 0.4) is 0 Å². The number of nitrogens with one attached hydrogen (secondary N) is 2. The zero-order valence-electron chi connectivity index (χ0n) is 20.9. The van der Waals surface area contributed by atoms with Crippen molar-refractivity contribution in [1.82, 2.24) is 15.8 Å². The molecule has 2 aromatic carbocycles. The number of aryl methyl sites for hydroxylation is 1. The molecule has 3 rings (SSSR count). The number of hydrogen-bond acceptors (Lipinski definition) is 7. The van der Waals surface area contributed by atoms with E-state index >= 15 is 0 Å². The van der Waals surface area contributed by atoms with Gasteiger partial charge in [0, 0.05) is 12.1 Å². The number of nitrogen functional groups attached to an aromatic ring is 1. The highest BCUT2D eigenvalue weighted by molar-refractivity contribution is 6.38. The summed E-state index contributed by atoms with van der Waals surface area (Å²) in [4.78, 5) is 29.8. The van der Waals surface area contributed by atoms with Crippen LogP contribution >= 0.6 is 23.2 Å². The molecule has 0 saturated heterocycles. The monoisotopic (exact) mass is 547 g/mol. The third-order valence-electron chi connectivity index (χ3n) is 4.87. The number of nitrogens with zero attached hydrogens (tertiary/aromatic N) is 2. The summed E-state index contributed by atoms with van der Waals surface area (Å²) in [6, 6.07) is 10.2. The Hall–Kier alpha value is -3.76. The Balaban J connectivity index is 1.92. The first kappa shape index (κ1) is 27.8. The zero-order valence-corrected chi connectivity index (χ0v) is 22.5. The van der Waals surface area contributed by atoms with Crippen LogP contribution in [0, 0.1) is 6.92 Å². The van der Waals surface area contributed by atoms with Gasteiger partial charge in [-0.15, -0.1) is 0 Å². The van der Waals surface area contributed by atoms with Gasteiger partial charge < -0.3 is 25.0 Å². The number of benzene rings is 2. The van der Waals surface area contributed by atoms with E-state index in [1.54, 1.807) is 71.2 Å². The number of amides is 2. The van der Waals surface area contributed by atoms with Crippen LogP contribution < -0.4 is 21.1 Å². The summed E-state index contributed by atoms with van der Waals surface area (Å²) in [6.45, 7) is 6.83. The van der Waals surface area contributed by atoms with Crippen molar-refractivity contribution < 1.29 is 23.6 Å². The molecule has 3 aromatic rings. The van der Waals surface area contributed by atoms with E-state index in [4.69, 9.17) is 42.9 Å². The second-order valence-electron chi connectivity index (χ2n) is 8.91. The van der Waals surface area contributed by atoms with Crippen LogP contribution in [0.2, 0.25) is 10.0 Å². The van der Waals surface area contributed by atoms with E-state index in [1.807, 2.05) is 0 Å². The summed E-state index contributed by atoms with van der Waals surface area (Å²) in [5.41, 5.74) is 6.95. The smallest absolute Gasteiger partial charge is 0.414 e. The lowest BCUT2D eigenvalue weighted by Gasteiger charge is -2.20. The van der Waals surface area contributed by atoms with Gasteiger partial charge in [0.25, 0.3) is 5.91 Å². The van der Waals surface area contributed by atoms with Gasteiger partial charge in [-0.2, -0.15) is 4.99 Å². The van der Waals surface area contributed by atoms with Gasteiger partial charge in [0.15, 0.2) is 0 Å². The first-order valence-corrected chi connectivity index (χ1v) is 11.8. The molecule has 0 spiro atoms. The molecule has 10 nitrogen and oxygen atoms in total. The first-order chi connectivity index (χ1) is 17.4. The summed E-state index contributed by atoms with van der Waals surface area (Å²) in [6.07, 6.45) is -0.808.